The second-order valence-electron chi connectivity index (χ2n) is 10.6. The molecule has 13 nitrogen and oxygen atoms in total. The molecule has 0 aromatic heterocycles. The molecule has 0 saturated carbocycles. The van der Waals surface area contributed by atoms with Crippen LogP contribution in [0.4, 0.5) is 0 Å². The Labute approximate surface area is 243 Å². The van der Waals surface area contributed by atoms with Crippen LogP contribution in [0.3, 0.4) is 0 Å². The lowest BCUT2D eigenvalue weighted by Gasteiger charge is -2.45. The number of ether oxygens (including phenoxy) is 7. The van der Waals surface area contributed by atoms with Crippen molar-refractivity contribution in [2.75, 3.05) is 26.4 Å². The summed E-state index contributed by atoms with van der Waals surface area (Å²) in [4.78, 5) is 39.8. The lowest BCUT2D eigenvalue weighted by Crippen LogP contribution is -2.61. The van der Waals surface area contributed by atoms with Crippen LogP contribution < -0.4 is 0 Å². The second kappa shape index (κ2) is 19.6. The number of nitrogens with zero attached hydrogens (tertiary/aromatic N) is 3. The van der Waals surface area contributed by atoms with E-state index in [1.54, 1.807) is 6.92 Å². The Balaban J connectivity index is 3.35. The third-order valence-electron chi connectivity index (χ3n) is 6.47. The summed E-state index contributed by atoms with van der Waals surface area (Å²) >= 11 is 0. The van der Waals surface area contributed by atoms with Gasteiger partial charge in [-0.15, -0.1) is 0 Å². The SMILES string of the molecule is CCCCOC[C@H](C)C(O[C@@H](O[C@@H]1C(COC(C)=O)O[C@H](C)C(N=[N+]=[N-])[C@H]1OC(C)=O)C(C)C)C(=O)OCCCC. The van der Waals surface area contributed by atoms with Gasteiger partial charge in [0.15, 0.2) is 12.4 Å². The minimum absolute atomic E-state index is 0.208. The van der Waals surface area contributed by atoms with Gasteiger partial charge in [-0.3, -0.25) is 9.59 Å². The van der Waals surface area contributed by atoms with Gasteiger partial charge < -0.3 is 33.2 Å². The molecule has 1 aliphatic rings. The first-order chi connectivity index (χ1) is 19.5. The number of hydrogen-bond acceptors (Lipinski definition) is 11. The van der Waals surface area contributed by atoms with E-state index in [4.69, 9.17) is 33.2 Å². The molecule has 0 bridgehead atoms. The molecule has 0 N–H and O–H groups in total. The summed E-state index contributed by atoms with van der Waals surface area (Å²) < 4.78 is 40.8. The van der Waals surface area contributed by atoms with Gasteiger partial charge in [0.1, 0.15) is 31.0 Å². The van der Waals surface area contributed by atoms with E-state index in [9.17, 15) is 19.9 Å². The molecule has 0 aromatic carbocycles. The van der Waals surface area contributed by atoms with E-state index in [0.717, 1.165) is 19.3 Å². The minimum Gasteiger partial charge on any atom is -0.464 e. The van der Waals surface area contributed by atoms with Crippen LogP contribution in [0.2, 0.25) is 0 Å². The van der Waals surface area contributed by atoms with Gasteiger partial charge in [0, 0.05) is 37.2 Å². The number of rotatable bonds is 19. The summed E-state index contributed by atoms with van der Waals surface area (Å²) in [5, 5.41) is 3.80. The maximum Gasteiger partial charge on any atom is 0.335 e. The molecule has 0 aromatic rings. The van der Waals surface area contributed by atoms with Gasteiger partial charge in [0.2, 0.25) is 0 Å². The fourth-order valence-electron chi connectivity index (χ4n) is 4.22. The topological polar surface area (TPSA) is 165 Å². The highest BCUT2D eigenvalue weighted by molar-refractivity contribution is 5.75. The van der Waals surface area contributed by atoms with Crippen molar-refractivity contribution in [2.24, 2.45) is 17.0 Å². The molecule has 0 radical (unpaired) electrons. The maximum absolute atomic E-state index is 13.2. The first-order valence-electron chi connectivity index (χ1n) is 14.5. The molecule has 1 aliphatic heterocycles. The molecule has 0 amide bonds. The van der Waals surface area contributed by atoms with E-state index in [2.05, 4.69) is 16.9 Å². The van der Waals surface area contributed by atoms with E-state index in [1.165, 1.54) is 13.8 Å². The fourth-order valence-corrected chi connectivity index (χ4v) is 4.22. The van der Waals surface area contributed by atoms with Crippen molar-refractivity contribution >= 4 is 17.9 Å². The molecule has 13 heteroatoms. The van der Waals surface area contributed by atoms with Crippen LogP contribution in [-0.2, 0) is 47.5 Å². The third-order valence-corrected chi connectivity index (χ3v) is 6.47. The third kappa shape index (κ3) is 13.0. The molecule has 1 rings (SSSR count). The van der Waals surface area contributed by atoms with Crippen molar-refractivity contribution in [1.29, 1.82) is 0 Å². The van der Waals surface area contributed by atoms with Gasteiger partial charge in [0.25, 0.3) is 0 Å². The van der Waals surface area contributed by atoms with Gasteiger partial charge >= 0.3 is 17.9 Å². The molecule has 0 spiro atoms. The second-order valence-corrected chi connectivity index (χ2v) is 10.6. The number of carbonyl (C=O) groups is 3. The first kappa shape index (κ1) is 36.6. The number of hydrogen-bond donors (Lipinski definition) is 0. The van der Waals surface area contributed by atoms with Gasteiger partial charge in [-0.05, 0) is 25.3 Å². The molecule has 0 aliphatic carbocycles. The summed E-state index contributed by atoms with van der Waals surface area (Å²) in [5.41, 5.74) is 9.19. The normalized spacial score (nSPS) is 24.6. The molecular formula is C28H49N3O10. The average Bonchev–Trinajstić information content (AvgIpc) is 2.90. The zero-order valence-electron chi connectivity index (χ0n) is 25.8. The Morgan fingerprint density at radius 2 is 1.63 bits per heavy atom. The van der Waals surface area contributed by atoms with Crippen molar-refractivity contribution < 1.29 is 47.5 Å². The van der Waals surface area contributed by atoms with Crippen molar-refractivity contribution in [3.8, 4) is 0 Å². The molecule has 1 fully saturated rings. The molecule has 3 unspecified atom stereocenters. The van der Waals surface area contributed by atoms with Gasteiger partial charge in [0.05, 0.1) is 19.3 Å². The predicted molar refractivity (Wildman–Crippen MR) is 149 cm³/mol. The van der Waals surface area contributed by atoms with Gasteiger partial charge in [-0.1, -0.05) is 52.6 Å². The van der Waals surface area contributed by atoms with E-state index in [0.29, 0.717) is 13.0 Å². The lowest BCUT2D eigenvalue weighted by molar-refractivity contribution is -0.284. The molecule has 1 heterocycles. The van der Waals surface area contributed by atoms with E-state index in [-0.39, 0.29) is 31.7 Å². The van der Waals surface area contributed by atoms with Crippen LogP contribution in [0.5, 0.6) is 0 Å². The standard InChI is InChI=1S/C28H49N3O10/c1-9-11-13-35-15-18(5)24(27(34)36-14-12-10-2)40-28(17(3)4)41-25-22(16-37-20(7)32)38-19(6)23(30-31-29)26(25)39-21(8)33/h17-19,22-26,28H,9-16H2,1-8H3/t18-,19+,22?,23?,24?,25+,26+,28-/m0/s1. The van der Waals surface area contributed by atoms with Crippen LogP contribution in [0.25, 0.3) is 10.4 Å². The summed E-state index contributed by atoms with van der Waals surface area (Å²) in [6.45, 7) is 14.6. The van der Waals surface area contributed by atoms with Crippen LogP contribution in [0.15, 0.2) is 5.11 Å². The number of esters is 3. The van der Waals surface area contributed by atoms with Gasteiger partial charge in [-0.25, -0.2) is 4.79 Å². The van der Waals surface area contributed by atoms with Crippen LogP contribution in [0.1, 0.15) is 81.1 Å². The molecule has 8 atom stereocenters. The number of unbranched alkanes of at least 4 members (excludes halogenated alkanes) is 2. The zero-order chi connectivity index (χ0) is 30.9. The van der Waals surface area contributed by atoms with Crippen LogP contribution in [0, 0.1) is 11.8 Å². The van der Waals surface area contributed by atoms with Crippen molar-refractivity contribution in [2.45, 2.75) is 124 Å². The maximum atomic E-state index is 13.2. The molecule has 1 saturated heterocycles. The monoisotopic (exact) mass is 587 g/mol. The van der Waals surface area contributed by atoms with Crippen molar-refractivity contribution in [3.63, 3.8) is 0 Å². The molecule has 236 valence electrons. The van der Waals surface area contributed by atoms with Crippen molar-refractivity contribution in [3.05, 3.63) is 10.4 Å². The van der Waals surface area contributed by atoms with Crippen molar-refractivity contribution in [1.82, 2.24) is 0 Å². The van der Waals surface area contributed by atoms with Gasteiger partial charge in [-0.2, -0.15) is 0 Å². The Bertz CT molecular complexity index is 851. The summed E-state index contributed by atoms with van der Waals surface area (Å²) in [6.07, 6.45) is -2.30. The summed E-state index contributed by atoms with van der Waals surface area (Å²) in [7, 11) is 0. The summed E-state index contributed by atoms with van der Waals surface area (Å²) in [6, 6.07) is -0.934. The lowest BCUT2D eigenvalue weighted by atomic mass is 9.93. The highest BCUT2D eigenvalue weighted by Gasteiger charge is 2.49. The Morgan fingerprint density at radius 3 is 2.20 bits per heavy atom. The average molecular weight is 588 g/mol. The highest BCUT2D eigenvalue weighted by Crippen LogP contribution is 2.31. The van der Waals surface area contributed by atoms with Crippen LogP contribution >= 0.6 is 0 Å². The highest BCUT2D eigenvalue weighted by atomic mass is 16.7. The summed E-state index contributed by atoms with van der Waals surface area (Å²) in [5.74, 6) is -2.36. The largest absolute Gasteiger partial charge is 0.464 e. The minimum atomic E-state index is -1.08. The quantitative estimate of drug-likeness (QED) is 0.0400. The molecule has 41 heavy (non-hydrogen) atoms. The predicted octanol–water partition coefficient (Wildman–Crippen LogP) is 4.50. The Morgan fingerprint density at radius 1 is 0.976 bits per heavy atom. The Kier molecular flexibility index (Phi) is 17.5. The molecular weight excluding hydrogens is 538 g/mol. The number of carbonyl (C=O) groups excluding carboxylic acids is 3. The fraction of sp³-hybridized carbons (Fsp3) is 0.893. The number of azide groups is 1. The van der Waals surface area contributed by atoms with E-state index in [1.807, 2.05) is 27.7 Å². The smallest absolute Gasteiger partial charge is 0.335 e. The van der Waals surface area contributed by atoms with E-state index >= 15 is 0 Å². The van der Waals surface area contributed by atoms with Crippen LogP contribution in [-0.4, -0.2) is 87.2 Å². The Hall–Kier alpha value is -2.44. The first-order valence-corrected chi connectivity index (χ1v) is 14.5. The zero-order valence-corrected chi connectivity index (χ0v) is 25.8. The van der Waals surface area contributed by atoms with E-state index < -0.39 is 60.8 Å².